The molecule has 8 heteroatoms. The normalized spacial score (nSPS) is 10.8. The lowest BCUT2D eigenvalue weighted by Gasteiger charge is -2.10. The molecule has 0 aliphatic rings. The van der Waals surface area contributed by atoms with Gasteiger partial charge in [0.1, 0.15) is 17.0 Å². The van der Waals surface area contributed by atoms with Crippen molar-refractivity contribution in [3.05, 3.63) is 65.7 Å². The summed E-state index contributed by atoms with van der Waals surface area (Å²) < 4.78 is 22.2. The van der Waals surface area contributed by atoms with E-state index >= 15 is 0 Å². The summed E-state index contributed by atoms with van der Waals surface area (Å²) in [5.74, 6) is 2.01. The Hall–Kier alpha value is -3.94. The quantitative estimate of drug-likeness (QED) is 0.415. The molecule has 0 fully saturated rings. The van der Waals surface area contributed by atoms with Crippen LogP contribution < -0.4 is 9.47 Å². The Labute approximate surface area is 172 Å². The van der Waals surface area contributed by atoms with Crippen molar-refractivity contribution in [3.63, 3.8) is 0 Å². The lowest BCUT2D eigenvalue weighted by atomic mass is 10.1. The Balaban J connectivity index is 1.55. The Kier molecular flexibility index (Phi) is 5.30. The number of aromatic nitrogens is 3. The highest BCUT2D eigenvalue weighted by Gasteiger charge is 2.22. The van der Waals surface area contributed by atoms with Crippen LogP contribution in [0.3, 0.4) is 0 Å². The Morgan fingerprint density at radius 2 is 1.87 bits per heavy atom. The largest absolute Gasteiger partial charge is 0.493 e. The second kappa shape index (κ2) is 8.20. The van der Waals surface area contributed by atoms with Gasteiger partial charge in [-0.2, -0.15) is 0 Å². The summed E-state index contributed by atoms with van der Waals surface area (Å²) in [6.07, 6.45) is 0. The molecule has 2 heterocycles. The average molecular weight is 405 g/mol. The molecule has 4 rings (SSSR count). The van der Waals surface area contributed by atoms with Gasteiger partial charge < -0.3 is 18.4 Å². The van der Waals surface area contributed by atoms with E-state index in [1.54, 1.807) is 25.1 Å². The van der Waals surface area contributed by atoms with Crippen molar-refractivity contribution < 1.29 is 23.2 Å². The molecular weight excluding hydrogens is 386 g/mol. The molecular formula is C22H19N3O5. The molecule has 0 unspecified atom stereocenters. The maximum atomic E-state index is 11.5. The highest BCUT2D eigenvalue weighted by molar-refractivity contribution is 5.94. The summed E-state index contributed by atoms with van der Waals surface area (Å²) in [6, 6.07) is 14.6. The lowest BCUT2D eigenvalue weighted by Crippen LogP contribution is -2.00. The van der Waals surface area contributed by atoms with Gasteiger partial charge in [-0.1, -0.05) is 35.5 Å². The van der Waals surface area contributed by atoms with Crippen molar-refractivity contribution in [1.29, 1.82) is 0 Å². The van der Waals surface area contributed by atoms with Crippen molar-refractivity contribution in [2.75, 3.05) is 7.11 Å². The van der Waals surface area contributed by atoms with Crippen LogP contribution in [0.5, 0.6) is 11.5 Å². The Morgan fingerprint density at radius 3 is 2.60 bits per heavy atom. The minimum Gasteiger partial charge on any atom is -0.493 e. The van der Waals surface area contributed by atoms with Crippen LogP contribution in [0, 0.1) is 6.92 Å². The molecule has 0 bridgehead atoms. The van der Waals surface area contributed by atoms with Crippen LogP contribution in [-0.2, 0) is 6.61 Å². The fourth-order valence-electron chi connectivity index (χ4n) is 2.98. The van der Waals surface area contributed by atoms with Crippen LogP contribution >= 0.6 is 0 Å². The predicted octanol–water partition coefficient (Wildman–Crippen LogP) is 4.49. The molecule has 0 spiro atoms. The molecule has 0 amide bonds. The first-order valence-corrected chi connectivity index (χ1v) is 9.23. The third-order valence-electron chi connectivity index (χ3n) is 4.51. The molecule has 152 valence electrons. The molecule has 0 saturated carbocycles. The second-order valence-corrected chi connectivity index (χ2v) is 6.54. The number of carbonyl (C=O) groups is 1. The zero-order chi connectivity index (χ0) is 21.1. The van der Waals surface area contributed by atoms with E-state index in [0.29, 0.717) is 40.0 Å². The van der Waals surface area contributed by atoms with E-state index in [1.807, 2.05) is 30.3 Å². The first-order valence-electron chi connectivity index (χ1n) is 9.23. The summed E-state index contributed by atoms with van der Waals surface area (Å²) in [4.78, 5) is 11.5. The predicted molar refractivity (Wildman–Crippen MR) is 107 cm³/mol. The molecule has 0 N–H and O–H groups in total. The van der Waals surface area contributed by atoms with Gasteiger partial charge in [0.2, 0.25) is 0 Å². The second-order valence-electron chi connectivity index (χ2n) is 6.54. The maximum absolute atomic E-state index is 11.5. The minimum absolute atomic E-state index is 0.0355. The number of hydrogen-bond donors (Lipinski definition) is 0. The van der Waals surface area contributed by atoms with Gasteiger partial charge in [-0.3, -0.25) is 4.79 Å². The van der Waals surface area contributed by atoms with Gasteiger partial charge in [-0.15, -0.1) is 10.2 Å². The number of rotatable bonds is 7. The monoisotopic (exact) mass is 405 g/mol. The number of carbonyl (C=O) groups excluding carboxylic acids is 1. The molecule has 8 nitrogen and oxygen atoms in total. The van der Waals surface area contributed by atoms with Crippen molar-refractivity contribution in [2.24, 2.45) is 0 Å². The molecule has 0 atom stereocenters. The molecule has 0 aliphatic carbocycles. The van der Waals surface area contributed by atoms with Crippen LogP contribution in [0.4, 0.5) is 0 Å². The van der Waals surface area contributed by atoms with E-state index in [2.05, 4.69) is 15.4 Å². The SMILES string of the molecule is COc1cc(C(C)=O)ccc1OCc1nnc(-c2c(-c3ccccc3)noc2C)o1. The number of nitrogens with zero attached hydrogens (tertiary/aromatic N) is 3. The van der Waals surface area contributed by atoms with Crippen LogP contribution in [-0.4, -0.2) is 28.2 Å². The lowest BCUT2D eigenvalue weighted by molar-refractivity contribution is 0.101. The molecule has 0 saturated heterocycles. The van der Waals surface area contributed by atoms with Gasteiger partial charge in [0.05, 0.1) is 7.11 Å². The molecule has 4 aromatic rings. The molecule has 0 radical (unpaired) electrons. The number of methoxy groups -OCH3 is 1. The van der Waals surface area contributed by atoms with E-state index in [1.165, 1.54) is 14.0 Å². The molecule has 2 aromatic carbocycles. The van der Waals surface area contributed by atoms with Crippen LogP contribution in [0.15, 0.2) is 57.5 Å². The van der Waals surface area contributed by atoms with Gasteiger partial charge in [0.25, 0.3) is 11.8 Å². The topological polar surface area (TPSA) is 100 Å². The Bertz CT molecular complexity index is 1180. The van der Waals surface area contributed by atoms with E-state index in [9.17, 15) is 4.79 Å². The van der Waals surface area contributed by atoms with Crippen LogP contribution in [0.2, 0.25) is 0 Å². The number of ketones is 1. The third-order valence-corrected chi connectivity index (χ3v) is 4.51. The zero-order valence-electron chi connectivity index (χ0n) is 16.7. The number of ether oxygens (including phenoxy) is 2. The number of Topliss-reactive ketones (excluding diaryl/α,β-unsaturated/α-hetero) is 1. The third kappa shape index (κ3) is 3.80. The van der Waals surface area contributed by atoms with Gasteiger partial charge in [0, 0.05) is 11.1 Å². The fourth-order valence-corrected chi connectivity index (χ4v) is 2.98. The number of benzene rings is 2. The van der Waals surface area contributed by atoms with Crippen molar-refractivity contribution in [3.8, 4) is 34.2 Å². The first-order chi connectivity index (χ1) is 14.6. The molecule has 30 heavy (non-hydrogen) atoms. The fraction of sp³-hybridized carbons (Fsp3) is 0.182. The maximum Gasteiger partial charge on any atom is 0.254 e. The highest BCUT2D eigenvalue weighted by atomic mass is 16.5. The smallest absolute Gasteiger partial charge is 0.254 e. The van der Waals surface area contributed by atoms with E-state index in [-0.39, 0.29) is 18.3 Å². The summed E-state index contributed by atoms with van der Waals surface area (Å²) in [5, 5.41) is 12.3. The van der Waals surface area contributed by atoms with E-state index < -0.39 is 0 Å². The van der Waals surface area contributed by atoms with E-state index in [0.717, 1.165) is 5.56 Å². The first kappa shape index (κ1) is 19.4. The van der Waals surface area contributed by atoms with Crippen molar-refractivity contribution in [1.82, 2.24) is 15.4 Å². The standard InChI is InChI=1S/C22H19N3O5/c1-13(26)16-9-10-17(18(11-16)27-3)28-12-19-23-24-22(29-19)20-14(2)30-25-21(20)15-7-5-4-6-8-15/h4-11H,12H2,1-3H3. The minimum atomic E-state index is -0.0558. The average Bonchev–Trinajstić information content (AvgIpc) is 3.38. The summed E-state index contributed by atoms with van der Waals surface area (Å²) >= 11 is 0. The number of hydrogen-bond acceptors (Lipinski definition) is 8. The highest BCUT2D eigenvalue weighted by Crippen LogP contribution is 2.34. The van der Waals surface area contributed by atoms with Crippen molar-refractivity contribution in [2.45, 2.75) is 20.5 Å². The van der Waals surface area contributed by atoms with Crippen molar-refractivity contribution >= 4 is 5.78 Å². The molecule has 2 aromatic heterocycles. The van der Waals surface area contributed by atoms with Crippen LogP contribution in [0.1, 0.15) is 28.9 Å². The summed E-state index contributed by atoms with van der Waals surface area (Å²) in [5.41, 5.74) is 2.69. The molecule has 0 aliphatic heterocycles. The number of aryl methyl sites for hydroxylation is 1. The van der Waals surface area contributed by atoms with Gasteiger partial charge >= 0.3 is 0 Å². The van der Waals surface area contributed by atoms with Gasteiger partial charge in [-0.25, -0.2) is 0 Å². The Morgan fingerprint density at radius 1 is 1.07 bits per heavy atom. The van der Waals surface area contributed by atoms with Gasteiger partial charge in [-0.05, 0) is 32.0 Å². The zero-order valence-corrected chi connectivity index (χ0v) is 16.7. The summed E-state index contributed by atoms with van der Waals surface area (Å²) in [7, 11) is 1.51. The van der Waals surface area contributed by atoms with Gasteiger partial charge in [0.15, 0.2) is 23.9 Å². The summed E-state index contributed by atoms with van der Waals surface area (Å²) in [6.45, 7) is 3.32. The van der Waals surface area contributed by atoms with Crippen LogP contribution in [0.25, 0.3) is 22.7 Å². The van der Waals surface area contributed by atoms with E-state index in [4.69, 9.17) is 18.4 Å².